The van der Waals surface area contributed by atoms with Crippen LogP contribution < -0.4 is 10.6 Å². The van der Waals surface area contributed by atoms with Crippen LogP contribution in [0.15, 0.2) is 72.6 Å². The van der Waals surface area contributed by atoms with Crippen molar-refractivity contribution >= 4 is 26.9 Å². The van der Waals surface area contributed by atoms with Crippen molar-refractivity contribution in [3.05, 3.63) is 72.6 Å². The second-order valence-corrected chi connectivity index (χ2v) is 7.72. The van der Waals surface area contributed by atoms with Crippen molar-refractivity contribution in [3.63, 3.8) is 0 Å². The molecule has 0 aromatic heterocycles. The molecule has 2 heteroatoms. The summed E-state index contributed by atoms with van der Waals surface area (Å²) in [5.74, 6) is 0. The molecule has 0 amide bonds. The van der Waals surface area contributed by atoms with E-state index in [9.17, 15) is 0 Å². The van der Waals surface area contributed by atoms with E-state index in [1.54, 1.807) is 0 Å². The van der Waals surface area contributed by atoms with Crippen LogP contribution >= 0.6 is 7.92 Å². The fourth-order valence-corrected chi connectivity index (χ4v) is 4.89. The summed E-state index contributed by atoms with van der Waals surface area (Å²) < 4.78 is 0. The van der Waals surface area contributed by atoms with Crippen molar-refractivity contribution in [2.45, 2.75) is 39.0 Å². The van der Waals surface area contributed by atoms with Gasteiger partial charge >= 0.3 is 0 Å². The summed E-state index contributed by atoms with van der Waals surface area (Å²) in [4.78, 5) is 0. The molecular formula is C20H25BP. The predicted molar refractivity (Wildman–Crippen MR) is 103 cm³/mol. The molecule has 0 fully saturated rings. The van der Waals surface area contributed by atoms with Gasteiger partial charge in [0.25, 0.3) is 0 Å². The van der Waals surface area contributed by atoms with Crippen LogP contribution in [0.2, 0.25) is 0 Å². The highest BCUT2D eigenvalue weighted by molar-refractivity contribution is 7.76. The second kappa shape index (κ2) is 10.4. The van der Waals surface area contributed by atoms with Gasteiger partial charge in [-0.05, 0) is 36.7 Å². The van der Waals surface area contributed by atoms with E-state index in [2.05, 4.69) is 74.2 Å². The van der Waals surface area contributed by atoms with E-state index >= 15 is 0 Å². The molecule has 0 aliphatic rings. The average molecular weight is 307 g/mol. The van der Waals surface area contributed by atoms with Crippen LogP contribution in [0.1, 0.15) is 39.0 Å². The van der Waals surface area contributed by atoms with Crippen molar-refractivity contribution in [2.75, 3.05) is 0 Å². The van der Waals surface area contributed by atoms with Gasteiger partial charge in [-0.3, -0.25) is 0 Å². The lowest BCUT2D eigenvalue weighted by Gasteiger charge is -2.21. The van der Waals surface area contributed by atoms with Crippen LogP contribution in [-0.4, -0.2) is 8.41 Å². The summed E-state index contributed by atoms with van der Waals surface area (Å²) in [7, 11) is -0.427. The quantitative estimate of drug-likeness (QED) is 0.356. The lowest BCUT2D eigenvalue weighted by Crippen LogP contribution is -2.12. The summed E-state index contributed by atoms with van der Waals surface area (Å²) >= 11 is 0. The average Bonchev–Trinajstić information content (AvgIpc) is 2.54. The summed E-state index contributed by atoms with van der Waals surface area (Å²) in [6.45, 7) is 6.69. The molecule has 0 aliphatic heterocycles. The van der Waals surface area contributed by atoms with E-state index in [-0.39, 0.29) is 8.41 Å². The first kappa shape index (κ1) is 18.7. The lowest BCUT2D eigenvalue weighted by molar-refractivity contribution is 0.672. The number of allylic oxidation sites excluding steroid dienone is 1. The monoisotopic (exact) mass is 307 g/mol. The SMILES string of the molecule is C=C(CCCCCC)P(c1ccccc1)c1ccccc1.[B]. The first-order chi connectivity index (χ1) is 10.3. The van der Waals surface area contributed by atoms with Crippen molar-refractivity contribution in [2.24, 2.45) is 0 Å². The summed E-state index contributed by atoms with van der Waals surface area (Å²) in [5, 5.41) is 4.23. The van der Waals surface area contributed by atoms with Gasteiger partial charge in [0.2, 0.25) is 0 Å². The Kier molecular flexibility index (Phi) is 8.86. The molecule has 0 bridgehead atoms. The normalized spacial score (nSPS) is 10.3. The fraction of sp³-hybridized carbons (Fsp3) is 0.300. The van der Waals surface area contributed by atoms with E-state index in [4.69, 9.17) is 0 Å². The molecule has 0 aliphatic carbocycles. The van der Waals surface area contributed by atoms with E-state index < -0.39 is 7.92 Å². The number of hydrogen-bond acceptors (Lipinski definition) is 0. The minimum atomic E-state index is -0.427. The highest BCUT2D eigenvalue weighted by Gasteiger charge is 2.16. The molecule has 2 aromatic rings. The molecule has 2 aromatic carbocycles. The molecule has 113 valence electrons. The van der Waals surface area contributed by atoms with Gasteiger partial charge in [-0.2, -0.15) is 0 Å². The number of rotatable bonds is 8. The van der Waals surface area contributed by atoms with E-state index in [0.717, 1.165) is 6.42 Å². The molecule has 22 heavy (non-hydrogen) atoms. The third-order valence-corrected chi connectivity index (χ3v) is 6.15. The van der Waals surface area contributed by atoms with Crippen LogP contribution in [0, 0.1) is 0 Å². The highest BCUT2D eigenvalue weighted by atomic mass is 31.1. The molecule has 0 N–H and O–H groups in total. The van der Waals surface area contributed by atoms with Gasteiger partial charge in [0, 0.05) is 8.41 Å². The first-order valence-electron chi connectivity index (χ1n) is 7.91. The van der Waals surface area contributed by atoms with Crippen molar-refractivity contribution in [3.8, 4) is 0 Å². The predicted octanol–water partition coefficient (Wildman–Crippen LogP) is 5.22. The topological polar surface area (TPSA) is 0 Å². The minimum absolute atomic E-state index is 0. The van der Waals surface area contributed by atoms with Crippen LogP contribution in [0.3, 0.4) is 0 Å². The molecule has 3 radical (unpaired) electrons. The lowest BCUT2D eigenvalue weighted by atomic mass is 10.1. The zero-order chi connectivity index (χ0) is 14.9. The summed E-state index contributed by atoms with van der Waals surface area (Å²) in [6.07, 6.45) is 6.36. The first-order valence-corrected chi connectivity index (χ1v) is 9.25. The van der Waals surface area contributed by atoms with Crippen LogP contribution in [0.4, 0.5) is 0 Å². The molecular weight excluding hydrogens is 282 g/mol. The molecule has 2 rings (SSSR count). The van der Waals surface area contributed by atoms with Gasteiger partial charge in [-0.1, -0.05) is 93.4 Å². The zero-order valence-electron chi connectivity index (χ0n) is 13.5. The molecule has 0 unspecified atom stereocenters. The van der Waals surface area contributed by atoms with Gasteiger partial charge in [0.15, 0.2) is 0 Å². The molecule has 0 nitrogen and oxygen atoms in total. The van der Waals surface area contributed by atoms with E-state index in [1.165, 1.54) is 41.6 Å². The zero-order valence-corrected chi connectivity index (χ0v) is 14.4. The summed E-state index contributed by atoms with van der Waals surface area (Å²) in [5.41, 5.74) is 0. The van der Waals surface area contributed by atoms with E-state index in [1.807, 2.05) is 0 Å². The second-order valence-electron chi connectivity index (χ2n) is 5.38. The van der Waals surface area contributed by atoms with Crippen LogP contribution in [0.5, 0.6) is 0 Å². The molecule has 0 heterocycles. The van der Waals surface area contributed by atoms with E-state index in [0.29, 0.717) is 0 Å². The fourth-order valence-electron chi connectivity index (χ4n) is 2.54. The Hall–Kier alpha value is -1.33. The Bertz CT molecular complexity index is 497. The highest BCUT2D eigenvalue weighted by Crippen LogP contribution is 2.44. The molecule has 0 saturated heterocycles. The van der Waals surface area contributed by atoms with Crippen LogP contribution in [0.25, 0.3) is 0 Å². The van der Waals surface area contributed by atoms with Crippen molar-refractivity contribution < 1.29 is 0 Å². The van der Waals surface area contributed by atoms with Gasteiger partial charge < -0.3 is 0 Å². The van der Waals surface area contributed by atoms with Gasteiger partial charge in [-0.15, -0.1) is 0 Å². The number of benzene rings is 2. The summed E-state index contributed by atoms with van der Waals surface area (Å²) in [6, 6.07) is 21.7. The Balaban J connectivity index is 0.00000242. The standard InChI is InChI=1S/C20H25P.B/c1-3-4-5-8-13-18(2)21(19-14-9-6-10-15-19)20-16-11-7-12-17-20;/h6-7,9-12,14-17H,2-5,8,13H2,1H3;. The molecule has 0 saturated carbocycles. The molecule has 0 spiro atoms. The number of hydrogen-bond donors (Lipinski definition) is 0. The van der Waals surface area contributed by atoms with Crippen LogP contribution in [-0.2, 0) is 0 Å². The Morgan fingerprint density at radius 2 is 1.32 bits per heavy atom. The third kappa shape index (κ3) is 5.46. The maximum atomic E-state index is 4.43. The minimum Gasteiger partial charge on any atom is -0.0947 e. The van der Waals surface area contributed by atoms with Gasteiger partial charge in [-0.25, -0.2) is 0 Å². The Labute approximate surface area is 139 Å². The van der Waals surface area contributed by atoms with Crippen molar-refractivity contribution in [1.29, 1.82) is 0 Å². The Morgan fingerprint density at radius 3 is 1.77 bits per heavy atom. The third-order valence-electron chi connectivity index (χ3n) is 3.66. The van der Waals surface area contributed by atoms with Crippen molar-refractivity contribution in [1.82, 2.24) is 0 Å². The number of unbranched alkanes of at least 4 members (excludes halogenated alkanes) is 3. The smallest absolute Gasteiger partial charge is 0 e. The molecule has 0 atom stereocenters. The van der Waals surface area contributed by atoms with Gasteiger partial charge in [0.1, 0.15) is 0 Å². The Morgan fingerprint density at radius 1 is 0.818 bits per heavy atom. The maximum absolute atomic E-state index is 4.43. The van der Waals surface area contributed by atoms with Gasteiger partial charge in [0.05, 0.1) is 0 Å². The maximum Gasteiger partial charge on any atom is 0 e. The largest absolute Gasteiger partial charge is 0.0947 e.